The van der Waals surface area contributed by atoms with Gasteiger partial charge in [-0.2, -0.15) is 13.0 Å². The zero-order valence-corrected chi connectivity index (χ0v) is 38.0. The summed E-state index contributed by atoms with van der Waals surface area (Å²) >= 11 is 3.23. The number of aromatic nitrogens is 1. The van der Waals surface area contributed by atoms with E-state index in [-0.39, 0.29) is 24.1 Å². The SMILES string of the molecule is CCC(=C\c1sc2ccc(-c3ccccc3)cc2[n+]1CCCS(=O)(=O)O)/C=C1/Sc2ccc(C)cc2N1CCCS(=O)(=O)[O-].CCCCN(CCCC)CCCC.O. The molecule has 0 atom stereocenters. The molecule has 0 saturated carbocycles. The maximum absolute atomic E-state index is 11.5. The Morgan fingerprint density at radius 1 is 0.828 bits per heavy atom. The molecule has 4 aromatic rings. The van der Waals surface area contributed by atoms with Gasteiger partial charge in [-0.05, 0) is 105 Å². The van der Waals surface area contributed by atoms with Crippen LogP contribution >= 0.6 is 23.1 Å². The molecular weight excluding hydrogens is 811 g/mol. The van der Waals surface area contributed by atoms with E-state index in [1.807, 2.05) is 31.2 Å². The summed E-state index contributed by atoms with van der Waals surface area (Å²) in [7, 11) is -8.40. The van der Waals surface area contributed by atoms with Gasteiger partial charge < -0.3 is 19.8 Å². The Morgan fingerprint density at radius 2 is 1.48 bits per heavy atom. The molecule has 10 nitrogen and oxygen atoms in total. The molecule has 1 aromatic heterocycles. The molecule has 0 aliphatic carbocycles. The summed E-state index contributed by atoms with van der Waals surface area (Å²) in [4.78, 5) is 5.79. The number of hydrogen-bond acceptors (Lipinski definition) is 9. The normalized spacial score (nSPS) is 13.8. The van der Waals surface area contributed by atoms with Crippen LogP contribution < -0.4 is 9.47 Å². The third kappa shape index (κ3) is 15.8. The van der Waals surface area contributed by atoms with Crippen molar-refractivity contribution in [1.29, 1.82) is 0 Å². The molecule has 0 bridgehead atoms. The van der Waals surface area contributed by atoms with Crippen LogP contribution in [0.2, 0.25) is 0 Å². The predicted octanol–water partition coefficient (Wildman–Crippen LogP) is 9.49. The molecule has 14 heteroatoms. The molecule has 0 fully saturated rings. The molecule has 0 amide bonds. The standard InChI is InChI=1S/C32H34N2O6S4.C12H27N.H2O/c1-3-24(20-31-33(15-7-17-43(35,36)37)27-19-23(2)11-13-29(27)41-31)21-32-34(16-8-18-44(38,39)40)28-22-26(12-14-30(28)42-32)25-9-5-4-6-10-25;1-4-7-10-13(11-8-5-2)12-9-6-3;/h4-6,9-14,19-22H,3,7-8,15-18H2,1-2H3,(H-,35,36,37,38,39,40);4-12H2,1-3H3;1H2. The van der Waals surface area contributed by atoms with E-state index in [1.165, 1.54) is 58.2 Å². The van der Waals surface area contributed by atoms with Gasteiger partial charge >= 0.3 is 0 Å². The first-order chi connectivity index (χ1) is 27.2. The summed E-state index contributed by atoms with van der Waals surface area (Å²) in [6.07, 6.45) is 13.5. The molecule has 1 aliphatic rings. The fraction of sp³-hybridized carbons (Fsp3) is 0.477. The van der Waals surface area contributed by atoms with E-state index in [1.54, 1.807) is 23.1 Å². The van der Waals surface area contributed by atoms with Crippen LogP contribution in [0.3, 0.4) is 0 Å². The number of rotatable bonds is 21. The van der Waals surface area contributed by atoms with Crippen LogP contribution in [0.25, 0.3) is 27.4 Å². The Hall–Kier alpha value is -3.08. The first-order valence-electron chi connectivity index (χ1n) is 20.4. The fourth-order valence-corrected chi connectivity index (χ4v) is 9.91. The Labute approximate surface area is 355 Å². The summed E-state index contributed by atoms with van der Waals surface area (Å²) in [5.74, 6) is -0.749. The van der Waals surface area contributed by atoms with Crippen LogP contribution in [0.1, 0.15) is 96.1 Å². The van der Waals surface area contributed by atoms with Gasteiger partial charge in [0, 0.05) is 35.8 Å². The van der Waals surface area contributed by atoms with Crippen molar-refractivity contribution in [2.24, 2.45) is 0 Å². The van der Waals surface area contributed by atoms with E-state index in [0.717, 1.165) is 59.5 Å². The summed E-state index contributed by atoms with van der Waals surface area (Å²) in [5, 5.41) is 1.90. The lowest BCUT2D eigenvalue weighted by atomic mass is 10.1. The number of fused-ring (bicyclic) bond motifs is 2. The first kappa shape index (κ1) is 49.3. The van der Waals surface area contributed by atoms with Crippen molar-refractivity contribution in [3.05, 3.63) is 94.0 Å². The number of aryl methyl sites for hydroxylation is 2. The minimum absolute atomic E-state index is 0. The zero-order valence-electron chi connectivity index (χ0n) is 34.8. The zero-order chi connectivity index (χ0) is 41.4. The van der Waals surface area contributed by atoms with Gasteiger partial charge in [0.05, 0.1) is 26.6 Å². The van der Waals surface area contributed by atoms with Crippen LogP contribution in [-0.2, 0) is 26.8 Å². The molecule has 0 radical (unpaired) electrons. The van der Waals surface area contributed by atoms with Gasteiger partial charge in [0.25, 0.3) is 15.1 Å². The molecule has 3 N–H and O–H groups in total. The number of anilines is 1. The minimum Gasteiger partial charge on any atom is -0.748 e. The van der Waals surface area contributed by atoms with Crippen molar-refractivity contribution in [2.75, 3.05) is 42.6 Å². The van der Waals surface area contributed by atoms with E-state index < -0.39 is 26.0 Å². The van der Waals surface area contributed by atoms with Gasteiger partial charge in [-0.25, -0.2) is 8.42 Å². The highest BCUT2D eigenvalue weighted by molar-refractivity contribution is 8.03. The van der Waals surface area contributed by atoms with E-state index in [9.17, 15) is 25.9 Å². The molecule has 0 saturated heterocycles. The number of nitrogens with zero attached hydrogens (tertiary/aromatic N) is 3. The number of thioether (sulfide) groups is 1. The Balaban J connectivity index is 0.000000554. The molecule has 0 spiro atoms. The molecule has 2 heterocycles. The van der Waals surface area contributed by atoms with Crippen molar-refractivity contribution < 1.29 is 36.0 Å². The molecule has 0 unspecified atom stereocenters. The largest absolute Gasteiger partial charge is 0.748 e. The van der Waals surface area contributed by atoms with Crippen molar-refractivity contribution in [1.82, 2.24) is 4.90 Å². The smallest absolute Gasteiger partial charge is 0.265 e. The van der Waals surface area contributed by atoms with Gasteiger partial charge in [-0.1, -0.05) is 113 Å². The highest BCUT2D eigenvalue weighted by Gasteiger charge is 2.26. The van der Waals surface area contributed by atoms with Gasteiger partial charge in [-0.15, -0.1) is 0 Å². The van der Waals surface area contributed by atoms with Crippen LogP contribution in [0, 0.1) is 6.92 Å². The Bertz CT molecular complexity index is 2150. The van der Waals surface area contributed by atoms with Crippen molar-refractivity contribution >= 4 is 65.3 Å². The van der Waals surface area contributed by atoms with E-state index >= 15 is 0 Å². The van der Waals surface area contributed by atoms with Crippen LogP contribution in [0.4, 0.5) is 5.69 Å². The predicted molar refractivity (Wildman–Crippen MR) is 243 cm³/mol. The maximum atomic E-state index is 11.5. The van der Waals surface area contributed by atoms with E-state index in [2.05, 4.69) is 96.7 Å². The molecule has 58 heavy (non-hydrogen) atoms. The van der Waals surface area contributed by atoms with Gasteiger partial charge in [-0.3, -0.25) is 4.55 Å². The monoisotopic (exact) mass is 873 g/mol. The lowest BCUT2D eigenvalue weighted by Crippen LogP contribution is -2.36. The van der Waals surface area contributed by atoms with Crippen LogP contribution in [-0.4, -0.2) is 74.0 Å². The second-order valence-corrected chi connectivity index (χ2v) is 19.8. The average Bonchev–Trinajstić information content (AvgIpc) is 3.69. The summed E-state index contributed by atoms with van der Waals surface area (Å²) in [5.41, 5.74) is 6.24. The molecular formula is C44H63N3O7S4. The maximum Gasteiger partial charge on any atom is 0.265 e. The second-order valence-electron chi connectivity index (χ2n) is 14.6. The van der Waals surface area contributed by atoms with Crippen molar-refractivity contribution in [3.63, 3.8) is 0 Å². The van der Waals surface area contributed by atoms with Crippen molar-refractivity contribution in [2.45, 2.75) is 104 Å². The highest BCUT2D eigenvalue weighted by Crippen LogP contribution is 2.47. The van der Waals surface area contributed by atoms with E-state index in [0.29, 0.717) is 13.1 Å². The quantitative estimate of drug-likeness (QED) is 0.0637. The lowest BCUT2D eigenvalue weighted by Gasteiger charge is -2.21. The summed E-state index contributed by atoms with van der Waals surface area (Å²) < 4.78 is 69.5. The van der Waals surface area contributed by atoms with Gasteiger partial charge in [0.2, 0.25) is 5.52 Å². The van der Waals surface area contributed by atoms with Crippen LogP contribution in [0.5, 0.6) is 0 Å². The minimum atomic E-state index is -4.31. The number of thiazole rings is 1. The molecule has 3 aromatic carbocycles. The average molecular weight is 874 g/mol. The first-order valence-corrected chi connectivity index (χ1v) is 25.2. The Morgan fingerprint density at radius 3 is 2.07 bits per heavy atom. The third-order valence-corrected chi connectivity index (χ3v) is 13.6. The lowest BCUT2D eigenvalue weighted by molar-refractivity contribution is -0.668. The third-order valence-electron chi connectivity index (χ3n) is 9.79. The van der Waals surface area contributed by atoms with E-state index in [4.69, 9.17) is 0 Å². The number of hydrogen-bond donors (Lipinski definition) is 1. The Kier molecular flexibility index (Phi) is 20.6. The number of benzene rings is 3. The van der Waals surface area contributed by atoms with Crippen molar-refractivity contribution in [3.8, 4) is 11.1 Å². The number of unbranched alkanes of at least 4 members (excludes halogenated alkanes) is 3. The molecule has 1 aliphatic heterocycles. The molecule has 320 valence electrons. The topological polar surface area (TPSA) is 153 Å². The molecule has 5 rings (SSSR count). The number of allylic oxidation sites excluding steroid dienone is 2. The highest BCUT2D eigenvalue weighted by atomic mass is 32.2. The summed E-state index contributed by atoms with van der Waals surface area (Å²) in [6.45, 7) is 15.7. The van der Waals surface area contributed by atoms with Gasteiger partial charge in [0.1, 0.15) is 4.70 Å². The summed E-state index contributed by atoms with van der Waals surface area (Å²) in [6, 6.07) is 22.5. The van der Waals surface area contributed by atoms with Crippen LogP contribution in [0.15, 0.2) is 88.3 Å². The van der Waals surface area contributed by atoms with Gasteiger partial charge in [0.15, 0.2) is 6.54 Å². The fourth-order valence-electron chi connectivity index (χ4n) is 6.65. The second kappa shape index (κ2) is 24.2.